The van der Waals surface area contributed by atoms with Crippen LogP contribution in [0.3, 0.4) is 0 Å². The van der Waals surface area contributed by atoms with Crippen LogP contribution in [0.1, 0.15) is 36.0 Å². The molecule has 4 aromatic rings. The standard InChI is InChI=1S/C38H34ClF3N6O6S/c1-38(2,36(50)51)20-4-9-30(27(42)14-20)54-23-6-8-29(26(41)16-23)48-18-22-17-46(11-12-47(22)37(48)52)19-28-31(35(49)53-3)32(24-7-5-21(40)15-25(24)39)45-33(44-28)34-43-10-13-55-34/h4-10,13-16,22,32H,11-12,17-19H2,1-3H3,(H,44,45)(H,50,51)/t22-,32?/m0/s1. The van der Waals surface area contributed by atoms with Gasteiger partial charge in [0.15, 0.2) is 28.2 Å². The minimum Gasteiger partial charge on any atom is -0.481 e. The van der Waals surface area contributed by atoms with Crippen LogP contribution in [0.2, 0.25) is 5.02 Å². The Labute approximate surface area is 322 Å². The number of aromatic nitrogens is 1. The summed E-state index contributed by atoms with van der Waals surface area (Å²) in [7, 11) is 1.26. The Hall–Kier alpha value is -5.45. The number of hydrogen-bond acceptors (Lipinski definition) is 10. The van der Waals surface area contributed by atoms with Gasteiger partial charge in [-0.15, -0.1) is 11.3 Å². The molecule has 3 aromatic carbocycles. The zero-order valence-electron chi connectivity index (χ0n) is 29.7. The number of urea groups is 1. The van der Waals surface area contributed by atoms with E-state index in [-0.39, 0.29) is 58.5 Å². The van der Waals surface area contributed by atoms with Crippen molar-refractivity contribution in [3.05, 3.63) is 116 Å². The molecule has 3 aliphatic heterocycles. The average molecular weight is 795 g/mol. The number of hydrogen-bond donors (Lipinski definition) is 2. The molecule has 1 unspecified atom stereocenters. The number of thiazole rings is 1. The normalized spacial score (nSPS) is 18.9. The molecule has 7 rings (SSSR count). The van der Waals surface area contributed by atoms with Crippen molar-refractivity contribution in [1.82, 2.24) is 20.1 Å². The maximum atomic E-state index is 15.6. The first kappa shape index (κ1) is 37.8. The molecule has 2 saturated heterocycles. The van der Waals surface area contributed by atoms with Gasteiger partial charge in [0.1, 0.15) is 17.6 Å². The third-order valence-corrected chi connectivity index (χ3v) is 11.0. The highest BCUT2D eigenvalue weighted by Crippen LogP contribution is 2.38. The lowest BCUT2D eigenvalue weighted by Crippen LogP contribution is -2.53. The predicted molar refractivity (Wildman–Crippen MR) is 198 cm³/mol. The van der Waals surface area contributed by atoms with Crippen LogP contribution in [0, 0.1) is 17.5 Å². The Morgan fingerprint density at radius 3 is 2.53 bits per heavy atom. The molecule has 2 N–H and O–H groups in total. The van der Waals surface area contributed by atoms with Crippen LogP contribution in [0.4, 0.5) is 23.7 Å². The lowest BCUT2D eigenvalue weighted by Gasteiger charge is -2.38. The van der Waals surface area contributed by atoms with E-state index in [9.17, 15) is 28.3 Å². The van der Waals surface area contributed by atoms with Gasteiger partial charge in [-0.3, -0.25) is 19.6 Å². The fourth-order valence-electron chi connectivity index (χ4n) is 6.80. The van der Waals surface area contributed by atoms with Gasteiger partial charge in [0.2, 0.25) is 0 Å². The molecule has 1 aromatic heterocycles. The number of esters is 1. The molecule has 286 valence electrons. The van der Waals surface area contributed by atoms with E-state index in [0.717, 1.165) is 18.2 Å². The number of rotatable bonds is 10. The number of anilines is 1. The lowest BCUT2D eigenvalue weighted by atomic mass is 9.85. The highest BCUT2D eigenvalue weighted by atomic mass is 35.5. The Bertz CT molecular complexity index is 2250. The van der Waals surface area contributed by atoms with Crippen molar-refractivity contribution in [2.75, 3.05) is 44.7 Å². The summed E-state index contributed by atoms with van der Waals surface area (Å²) < 4.78 is 55.4. The number of benzene rings is 3. The van der Waals surface area contributed by atoms with E-state index in [2.05, 4.69) is 15.2 Å². The Morgan fingerprint density at radius 1 is 1.05 bits per heavy atom. The van der Waals surface area contributed by atoms with Gasteiger partial charge in [-0.25, -0.2) is 27.7 Å². The maximum absolute atomic E-state index is 15.6. The summed E-state index contributed by atoms with van der Waals surface area (Å²) >= 11 is 7.82. The molecule has 0 aliphatic carbocycles. The van der Waals surface area contributed by atoms with Crippen LogP contribution in [0.15, 0.2) is 82.4 Å². The number of carboxylic acid groups (broad SMARTS) is 1. The molecule has 3 aliphatic rings. The number of nitrogens with one attached hydrogen (secondary N) is 1. The van der Waals surface area contributed by atoms with Crippen molar-refractivity contribution < 1.29 is 42.1 Å². The number of aliphatic carboxylic acids is 1. The number of amidine groups is 1. The van der Waals surface area contributed by atoms with Gasteiger partial charge in [0.25, 0.3) is 0 Å². The van der Waals surface area contributed by atoms with E-state index in [4.69, 9.17) is 26.1 Å². The van der Waals surface area contributed by atoms with E-state index in [1.807, 2.05) is 0 Å². The first-order chi connectivity index (χ1) is 26.2. The van der Waals surface area contributed by atoms with Crippen LogP contribution in [0.5, 0.6) is 11.5 Å². The molecule has 12 nitrogen and oxygen atoms in total. The van der Waals surface area contributed by atoms with Gasteiger partial charge < -0.3 is 24.8 Å². The third-order valence-electron chi connectivity index (χ3n) is 9.87. The molecule has 0 bridgehead atoms. The second-order valence-electron chi connectivity index (χ2n) is 13.7. The fourth-order valence-corrected chi connectivity index (χ4v) is 7.66. The summed E-state index contributed by atoms with van der Waals surface area (Å²) in [6.45, 7) is 4.40. The molecule has 55 heavy (non-hydrogen) atoms. The summed E-state index contributed by atoms with van der Waals surface area (Å²) in [6, 6.07) is 9.88. The van der Waals surface area contributed by atoms with Crippen LogP contribution < -0.4 is 15.0 Å². The van der Waals surface area contributed by atoms with Gasteiger partial charge in [-0.05, 0) is 55.8 Å². The average Bonchev–Trinajstić information content (AvgIpc) is 3.80. The minimum absolute atomic E-state index is 0.0171. The molecule has 0 saturated carbocycles. The van der Waals surface area contributed by atoms with Gasteiger partial charge in [0.05, 0.1) is 29.8 Å². The second kappa shape index (κ2) is 15.0. The number of fused-ring (bicyclic) bond motifs is 1. The van der Waals surface area contributed by atoms with E-state index >= 15 is 4.39 Å². The molecule has 17 heteroatoms. The SMILES string of the molecule is COC(=O)C1=C(CN2CCN3C(=O)N(c4ccc(Oc5ccc(C(C)(C)C(=O)O)cc5F)cc4F)C[C@@H]3C2)NC(c2nccs2)=NC1c1ccc(F)cc1Cl. The van der Waals surface area contributed by atoms with E-state index in [0.29, 0.717) is 41.7 Å². The molecule has 0 spiro atoms. The molecule has 2 fully saturated rings. The zero-order valence-corrected chi connectivity index (χ0v) is 31.3. The number of ether oxygens (including phenoxy) is 2. The largest absolute Gasteiger partial charge is 0.481 e. The zero-order chi connectivity index (χ0) is 39.2. The van der Waals surface area contributed by atoms with Gasteiger partial charge in [-0.2, -0.15) is 0 Å². The third kappa shape index (κ3) is 7.36. The molecular weight excluding hydrogens is 761 g/mol. The topological polar surface area (TPSA) is 137 Å². The Morgan fingerprint density at radius 2 is 1.85 bits per heavy atom. The number of nitrogens with zero attached hydrogens (tertiary/aromatic N) is 5. The molecule has 2 atom stereocenters. The molecular formula is C38H34ClF3N6O6S. The molecule has 2 amide bonds. The summed E-state index contributed by atoms with van der Waals surface area (Å²) in [5.74, 6) is -3.73. The van der Waals surface area contributed by atoms with Gasteiger partial charge >= 0.3 is 18.0 Å². The summed E-state index contributed by atoms with van der Waals surface area (Å²) in [6.07, 6.45) is 1.62. The van der Waals surface area contributed by atoms with Gasteiger partial charge in [0, 0.05) is 66.7 Å². The van der Waals surface area contributed by atoms with Crippen molar-refractivity contribution in [2.24, 2.45) is 4.99 Å². The van der Waals surface area contributed by atoms with Crippen molar-refractivity contribution in [3.63, 3.8) is 0 Å². The van der Waals surface area contributed by atoms with Crippen LogP contribution in [-0.2, 0) is 19.7 Å². The van der Waals surface area contributed by atoms with Crippen LogP contribution in [0.25, 0.3) is 0 Å². The van der Waals surface area contributed by atoms with Crippen LogP contribution >= 0.6 is 22.9 Å². The quantitative estimate of drug-likeness (QED) is 0.172. The number of aliphatic imine (C=N–C) groups is 1. The molecule has 4 heterocycles. The highest BCUT2D eigenvalue weighted by Gasteiger charge is 2.43. The number of halogens is 4. The lowest BCUT2D eigenvalue weighted by molar-refractivity contribution is -0.142. The number of carbonyl (C=O) groups is 3. The first-order valence-electron chi connectivity index (χ1n) is 17.1. The molecule has 0 radical (unpaired) electrons. The van der Waals surface area contributed by atoms with Crippen molar-refractivity contribution in [1.29, 1.82) is 0 Å². The van der Waals surface area contributed by atoms with Crippen molar-refractivity contribution in [3.8, 4) is 11.5 Å². The summed E-state index contributed by atoms with van der Waals surface area (Å²) in [5, 5.41) is 15.2. The Kier molecular flexibility index (Phi) is 10.3. The van der Waals surface area contributed by atoms with Crippen molar-refractivity contribution >= 4 is 52.4 Å². The number of amides is 2. The smallest absolute Gasteiger partial charge is 0.338 e. The number of carboxylic acids is 1. The fraction of sp³-hybridized carbons (Fsp3) is 0.289. The summed E-state index contributed by atoms with van der Waals surface area (Å²) in [4.78, 5) is 52.8. The minimum atomic E-state index is -1.33. The Balaban J connectivity index is 1.09. The van der Waals surface area contributed by atoms with E-state index in [1.165, 1.54) is 73.6 Å². The number of methoxy groups -OCH3 is 1. The highest BCUT2D eigenvalue weighted by molar-refractivity contribution is 7.11. The first-order valence-corrected chi connectivity index (χ1v) is 18.3. The van der Waals surface area contributed by atoms with E-state index in [1.54, 1.807) is 16.5 Å². The number of piperazine rings is 1. The predicted octanol–water partition coefficient (Wildman–Crippen LogP) is 6.51. The van der Waals surface area contributed by atoms with Crippen molar-refractivity contribution in [2.45, 2.75) is 31.3 Å². The van der Waals surface area contributed by atoms with E-state index < -0.39 is 40.8 Å². The monoisotopic (exact) mass is 794 g/mol. The second-order valence-corrected chi connectivity index (χ2v) is 15.0. The maximum Gasteiger partial charge on any atom is 0.338 e. The summed E-state index contributed by atoms with van der Waals surface area (Å²) in [5.41, 5.74) is -0.0145. The number of carbonyl (C=O) groups excluding carboxylic acids is 2. The van der Waals surface area contributed by atoms with Crippen LogP contribution in [-0.4, -0.2) is 89.6 Å². The van der Waals surface area contributed by atoms with Gasteiger partial charge in [-0.1, -0.05) is 23.7 Å².